The average molecular weight is 653 g/mol. The van der Waals surface area contributed by atoms with Crippen molar-refractivity contribution in [2.24, 2.45) is 0 Å². The summed E-state index contributed by atoms with van der Waals surface area (Å²) in [5.74, 6) is -0.806. The second kappa shape index (κ2) is 11.5. The normalized spacial score (nSPS) is 19.5. The van der Waals surface area contributed by atoms with Gasteiger partial charge in [-0.05, 0) is 78.5 Å². The molecule has 1 fully saturated rings. The largest absolute Gasteiger partial charge is 0.409 e. The van der Waals surface area contributed by atoms with Gasteiger partial charge in [0.25, 0.3) is 0 Å². The number of imidazole rings is 1. The predicted octanol–water partition coefficient (Wildman–Crippen LogP) is 6.98. The van der Waals surface area contributed by atoms with E-state index < -0.39 is 26.1 Å². The standard InChI is InChI=1S/C31H35ClF2N8O2Si/c1-17(44-45(5,6)31(2,3)4)29-27(33)20(11-12-35-29)22-15-36-30(38-22)24-9-7-19-13-18(14-25(43)42(19)24)26-23(41-16-37-39-40-41)10-8-21(32)28(26)34/h8,10-12,14-17,19,24H,7,9,13H2,1-6H3,(H,36,38)/t17?,19?,24-/m0/s1. The lowest BCUT2D eigenvalue weighted by molar-refractivity contribution is -0.129. The van der Waals surface area contributed by atoms with Crippen LogP contribution in [0.15, 0.2) is 43.0 Å². The molecule has 10 nitrogen and oxygen atoms in total. The van der Waals surface area contributed by atoms with Crippen LogP contribution in [0, 0.1) is 11.6 Å². The third-order valence-corrected chi connectivity index (χ3v) is 14.1. The summed E-state index contributed by atoms with van der Waals surface area (Å²) in [6.45, 7) is 12.5. The van der Waals surface area contributed by atoms with Crippen LogP contribution < -0.4 is 0 Å². The topological polar surface area (TPSA) is 115 Å². The summed E-state index contributed by atoms with van der Waals surface area (Å²) in [6, 6.07) is 4.14. The van der Waals surface area contributed by atoms with Crippen LogP contribution in [0.25, 0.3) is 22.5 Å². The Hall–Kier alpha value is -3.81. The number of nitrogens with zero attached hydrogens (tertiary/aromatic N) is 7. The Morgan fingerprint density at radius 2 is 1.91 bits per heavy atom. The maximum Gasteiger partial charge on any atom is 0.247 e. The van der Waals surface area contributed by atoms with Crippen molar-refractivity contribution < 1.29 is 18.0 Å². The van der Waals surface area contributed by atoms with Crippen molar-refractivity contribution in [1.82, 2.24) is 40.1 Å². The van der Waals surface area contributed by atoms with Crippen molar-refractivity contribution in [2.45, 2.75) is 83.3 Å². The highest BCUT2D eigenvalue weighted by Crippen LogP contribution is 2.44. The molecule has 2 aliphatic rings. The summed E-state index contributed by atoms with van der Waals surface area (Å²) < 4.78 is 39.1. The Morgan fingerprint density at radius 3 is 2.62 bits per heavy atom. The summed E-state index contributed by atoms with van der Waals surface area (Å²) in [5.41, 5.74) is 2.17. The van der Waals surface area contributed by atoms with Crippen LogP contribution in [0.5, 0.6) is 0 Å². The number of rotatable bonds is 7. The minimum Gasteiger partial charge on any atom is -0.409 e. The number of carbonyl (C=O) groups is 1. The van der Waals surface area contributed by atoms with E-state index in [4.69, 9.17) is 16.0 Å². The Labute approximate surface area is 266 Å². The molecule has 5 heterocycles. The van der Waals surface area contributed by atoms with Gasteiger partial charge < -0.3 is 14.3 Å². The number of carbonyl (C=O) groups excluding carboxylic acids is 1. The maximum atomic E-state index is 15.9. The highest BCUT2D eigenvalue weighted by molar-refractivity contribution is 6.74. The van der Waals surface area contributed by atoms with Gasteiger partial charge in [-0.2, -0.15) is 4.68 Å². The average Bonchev–Trinajstić information content (AvgIpc) is 3.75. The molecule has 3 atom stereocenters. The second-order valence-corrected chi connectivity index (χ2v) is 18.3. The molecule has 1 aromatic carbocycles. The van der Waals surface area contributed by atoms with E-state index in [2.05, 4.69) is 64.3 Å². The number of tetrazole rings is 1. The first kappa shape index (κ1) is 31.2. The molecule has 0 radical (unpaired) electrons. The SMILES string of the molecule is CC(O[Si](C)(C)C(C)(C)C)c1nccc(-c2cnc([C@@H]3CCC4CC(c5c(-n6cnnn6)ccc(Cl)c5F)=CC(=O)N43)[nH]2)c1F. The Balaban J connectivity index is 1.26. The zero-order valence-corrected chi connectivity index (χ0v) is 27.7. The summed E-state index contributed by atoms with van der Waals surface area (Å²) >= 11 is 6.15. The minimum atomic E-state index is -2.16. The lowest BCUT2D eigenvalue weighted by Crippen LogP contribution is -2.41. The summed E-state index contributed by atoms with van der Waals surface area (Å²) in [4.78, 5) is 27.5. The third kappa shape index (κ3) is 5.61. The third-order valence-electron chi connectivity index (χ3n) is 9.28. The molecule has 3 aromatic heterocycles. The molecule has 4 aromatic rings. The van der Waals surface area contributed by atoms with Gasteiger partial charge in [0.2, 0.25) is 5.91 Å². The predicted molar refractivity (Wildman–Crippen MR) is 168 cm³/mol. The van der Waals surface area contributed by atoms with Crippen LogP contribution >= 0.6 is 11.6 Å². The number of hydrogen-bond acceptors (Lipinski definition) is 7. The minimum absolute atomic E-state index is 0.0338. The van der Waals surface area contributed by atoms with Gasteiger partial charge in [0.15, 0.2) is 20.0 Å². The maximum absolute atomic E-state index is 15.9. The van der Waals surface area contributed by atoms with Crippen molar-refractivity contribution in [3.8, 4) is 16.9 Å². The quantitative estimate of drug-likeness (QED) is 0.214. The molecule has 0 bridgehead atoms. The van der Waals surface area contributed by atoms with Crippen molar-refractivity contribution in [2.75, 3.05) is 0 Å². The van der Waals surface area contributed by atoms with E-state index in [9.17, 15) is 4.79 Å². The van der Waals surface area contributed by atoms with Crippen LogP contribution in [-0.2, 0) is 9.22 Å². The number of H-pyrrole nitrogens is 1. The smallest absolute Gasteiger partial charge is 0.247 e. The highest BCUT2D eigenvalue weighted by Gasteiger charge is 2.43. The van der Waals surface area contributed by atoms with Crippen molar-refractivity contribution >= 4 is 31.4 Å². The van der Waals surface area contributed by atoms with Gasteiger partial charge in [0.1, 0.15) is 17.8 Å². The van der Waals surface area contributed by atoms with Crippen LogP contribution in [0.1, 0.15) is 76.2 Å². The van der Waals surface area contributed by atoms with Gasteiger partial charge in [-0.1, -0.05) is 32.4 Å². The van der Waals surface area contributed by atoms with Crippen molar-refractivity contribution in [1.29, 1.82) is 0 Å². The van der Waals surface area contributed by atoms with E-state index in [1.807, 2.05) is 6.92 Å². The number of hydrogen-bond donors (Lipinski definition) is 1. The molecular formula is C31H35ClF2N8O2Si. The molecule has 6 rings (SSSR count). The van der Waals surface area contributed by atoms with Crippen molar-refractivity contribution in [3.63, 3.8) is 0 Å². The Kier molecular flexibility index (Phi) is 7.98. The molecule has 0 aliphatic carbocycles. The number of benzene rings is 1. The van der Waals surface area contributed by atoms with Gasteiger partial charge in [-0.15, -0.1) is 5.10 Å². The molecule has 0 saturated carbocycles. The van der Waals surface area contributed by atoms with Crippen LogP contribution in [0.4, 0.5) is 8.78 Å². The molecule has 0 spiro atoms. The number of aromatic amines is 1. The van der Waals surface area contributed by atoms with Gasteiger partial charge in [0.05, 0.1) is 34.7 Å². The first-order valence-corrected chi connectivity index (χ1v) is 18.2. The lowest BCUT2D eigenvalue weighted by atomic mass is 9.92. The molecular weight excluding hydrogens is 618 g/mol. The lowest BCUT2D eigenvalue weighted by Gasteiger charge is -2.38. The zero-order valence-electron chi connectivity index (χ0n) is 26.0. The van der Waals surface area contributed by atoms with E-state index in [-0.39, 0.29) is 39.3 Å². The van der Waals surface area contributed by atoms with E-state index in [1.165, 1.54) is 23.2 Å². The fourth-order valence-electron chi connectivity index (χ4n) is 5.97. The molecule has 1 saturated heterocycles. The fraction of sp³-hybridized carbons (Fsp3) is 0.419. The molecule has 1 amide bonds. The first-order chi connectivity index (χ1) is 21.3. The van der Waals surface area contributed by atoms with Gasteiger partial charge >= 0.3 is 0 Å². The first-order valence-electron chi connectivity index (χ1n) is 14.9. The van der Waals surface area contributed by atoms with E-state index in [0.717, 1.165) is 0 Å². The van der Waals surface area contributed by atoms with E-state index in [1.54, 1.807) is 29.4 Å². The molecule has 2 unspecified atom stereocenters. The van der Waals surface area contributed by atoms with Gasteiger partial charge in [-0.3, -0.25) is 9.78 Å². The fourth-order valence-corrected chi connectivity index (χ4v) is 7.48. The number of fused-ring (bicyclic) bond motifs is 1. The number of halogens is 3. The number of amides is 1. The number of aromatic nitrogens is 7. The molecule has 2 aliphatic heterocycles. The summed E-state index contributed by atoms with van der Waals surface area (Å²) in [6.07, 6.45) is 7.18. The Morgan fingerprint density at radius 1 is 1.13 bits per heavy atom. The Bertz CT molecular complexity index is 1790. The monoisotopic (exact) mass is 652 g/mol. The van der Waals surface area contributed by atoms with Crippen LogP contribution in [0.2, 0.25) is 23.2 Å². The molecule has 236 valence electrons. The molecule has 45 heavy (non-hydrogen) atoms. The molecule has 1 N–H and O–H groups in total. The zero-order chi connectivity index (χ0) is 32.3. The van der Waals surface area contributed by atoms with Crippen molar-refractivity contribution in [3.05, 3.63) is 76.7 Å². The van der Waals surface area contributed by atoms with Gasteiger partial charge in [0, 0.05) is 29.4 Å². The van der Waals surface area contributed by atoms with Crippen LogP contribution in [-0.4, -0.2) is 60.3 Å². The summed E-state index contributed by atoms with van der Waals surface area (Å²) in [7, 11) is -2.16. The highest BCUT2D eigenvalue weighted by atomic mass is 35.5. The van der Waals surface area contributed by atoms with E-state index in [0.29, 0.717) is 47.6 Å². The second-order valence-electron chi connectivity index (χ2n) is 13.1. The van der Waals surface area contributed by atoms with Crippen LogP contribution in [0.3, 0.4) is 0 Å². The van der Waals surface area contributed by atoms with Gasteiger partial charge in [-0.25, -0.2) is 13.8 Å². The number of nitrogens with one attached hydrogen (secondary N) is 1. The molecule has 14 heteroatoms. The number of pyridine rings is 1. The summed E-state index contributed by atoms with van der Waals surface area (Å²) in [5, 5.41) is 11.1. The van der Waals surface area contributed by atoms with E-state index >= 15 is 8.78 Å².